The van der Waals surface area contributed by atoms with Gasteiger partial charge < -0.3 is 5.32 Å². The van der Waals surface area contributed by atoms with Gasteiger partial charge in [-0.25, -0.2) is 0 Å². The first-order chi connectivity index (χ1) is 7.90. The van der Waals surface area contributed by atoms with Gasteiger partial charge in [0.15, 0.2) is 0 Å². The molecule has 90 valence electrons. The highest BCUT2D eigenvalue weighted by Crippen LogP contribution is 2.31. The van der Waals surface area contributed by atoms with E-state index in [4.69, 9.17) is 0 Å². The molecule has 1 aromatic rings. The second-order valence-corrected chi connectivity index (χ2v) is 6.76. The Morgan fingerprint density at radius 2 is 2.25 bits per heavy atom. The fraction of sp³-hybridized carbons (Fsp3) is 0.692. The Balaban J connectivity index is 1.78. The molecule has 1 saturated carbocycles. The van der Waals surface area contributed by atoms with Gasteiger partial charge in [-0.05, 0) is 31.3 Å². The number of hydrogen-bond donors (Lipinski definition) is 1. The lowest BCUT2D eigenvalue weighted by Gasteiger charge is -2.23. The summed E-state index contributed by atoms with van der Waals surface area (Å²) in [5.74, 6) is 1.22. The highest BCUT2D eigenvalue weighted by Gasteiger charge is 2.17. The van der Waals surface area contributed by atoms with Crippen LogP contribution < -0.4 is 5.32 Å². The molecule has 1 aliphatic rings. The third-order valence-electron chi connectivity index (χ3n) is 3.29. The van der Waals surface area contributed by atoms with E-state index in [1.807, 2.05) is 11.3 Å². The van der Waals surface area contributed by atoms with Crippen LogP contribution >= 0.6 is 23.1 Å². The zero-order chi connectivity index (χ0) is 11.2. The van der Waals surface area contributed by atoms with Crippen LogP contribution in [-0.2, 0) is 0 Å². The molecule has 0 aliphatic heterocycles. The van der Waals surface area contributed by atoms with Crippen LogP contribution in [0.1, 0.15) is 43.0 Å². The molecular formula is C13H21NS2. The Morgan fingerprint density at radius 1 is 1.44 bits per heavy atom. The van der Waals surface area contributed by atoms with Gasteiger partial charge in [0.1, 0.15) is 0 Å². The number of hydrogen-bond acceptors (Lipinski definition) is 3. The van der Waals surface area contributed by atoms with Gasteiger partial charge in [-0.3, -0.25) is 0 Å². The third kappa shape index (κ3) is 3.51. The monoisotopic (exact) mass is 255 g/mol. The van der Waals surface area contributed by atoms with Gasteiger partial charge >= 0.3 is 0 Å². The molecule has 2 rings (SSSR count). The fourth-order valence-electron chi connectivity index (χ4n) is 2.26. The Hall–Kier alpha value is 0.01000. The predicted octanol–water partition coefficient (Wildman–Crippen LogP) is 4.07. The highest BCUT2D eigenvalue weighted by atomic mass is 32.2. The van der Waals surface area contributed by atoms with Gasteiger partial charge in [0, 0.05) is 15.9 Å². The van der Waals surface area contributed by atoms with Gasteiger partial charge in [-0.15, -0.1) is 11.3 Å². The van der Waals surface area contributed by atoms with Gasteiger partial charge in [0.25, 0.3) is 0 Å². The van der Waals surface area contributed by atoms with Crippen molar-refractivity contribution >= 4 is 23.1 Å². The van der Waals surface area contributed by atoms with Crippen molar-refractivity contribution in [2.24, 2.45) is 0 Å². The minimum absolute atomic E-state index is 0.548. The standard InChI is InChI=1S/C13H21NS2/c1-14-12(13-8-5-9-15-13)10-16-11-6-3-2-4-7-11/h5,8-9,11-12,14H,2-4,6-7,10H2,1H3. The van der Waals surface area contributed by atoms with Gasteiger partial charge in [0.2, 0.25) is 0 Å². The van der Waals surface area contributed by atoms with E-state index in [0.29, 0.717) is 6.04 Å². The highest BCUT2D eigenvalue weighted by molar-refractivity contribution is 7.99. The fourth-order valence-corrected chi connectivity index (χ4v) is 4.68. The summed E-state index contributed by atoms with van der Waals surface area (Å²) >= 11 is 4.04. The predicted molar refractivity (Wildman–Crippen MR) is 75.5 cm³/mol. The lowest BCUT2D eigenvalue weighted by atomic mass is 10.0. The molecular weight excluding hydrogens is 234 g/mol. The average Bonchev–Trinajstić information content (AvgIpc) is 2.85. The maximum Gasteiger partial charge on any atom is 0.0504 e. The quantitative estimate of drug-likeness (QED) is 0.851. The van der Waals surface area contributed by atoms with Crippen molar-refractivity contribution in [1.29, 1.82) is 0 Å². The zero-order valence-electron chi connectivity index (χ0n) is 9.95. The van der Waals surface area contributed by atoms with Crippen molar-refractivity contribution in [1.82, 2.24) is 5.32 Å². The molecule has 1 nitrogen and oxygen atoms in total. The molecule has 1 unspecified atom stereocenters. The van der Waals surface area contributed by atoms with Crippen LogP contribution in [0.25, 0.3) is 0 Å². The van der Waals surface area contributed by atoms with Gasteiger partial charge in [-0.2, -0.15) is 11.8 Å². The van der Waals surface area contributed by atoms with Crippen LogP contribution in [0.4, 0.5) is 0 Å². The minimum Gasteiger partial charge on any atom is -0.312 e. The summed E-state index contributed by atoms with van der Waals surface area (Å²) in [7, 11) is 2.08. The van der Waals surface area contributed by atoms with Crippen LogP contribution in [0, 0.1) is 0 Å². The molecule has 0 bridgehead atoms. The number of thiophene rings is 1. The first-order valence-corrected chi connectivity index (χ1v) is 8.15. The molecule has 1 N–H and O–H groups in total. The second-order valence-electron chi connectivity index (χ2n) is 4.45. The summed E-state index contributed by atoms with van der Waals surface area (Å²) in [5.41, 5.74) is 0. The van der Waals surface area contributed by atoms with Crippen molar-refractivity contribution in [2.75, 3.05) is 12.8 Å². The van der Waals surface area contributed by atoms with E-state index in [1.165, 1.54) is 42.7 Å². The average molecular weight is 255 g/mol. The molecule has 0 spiro atoms. The molecule has 1 heterocycles. The molecule has 0 saturated heterocycles. The normalized spacial score (nSPS) is 19.8. The van der Waals surface area contributed by atoms with Crippen LogP contribution in [-0.4, -0.2) is 18.1 Å². The summed E-state index contributed by atoms with van der Waals surface area (Å²) in [4.78, 5) is 1.48. The van der Waals surface area contributed by atoms with Gasteiger partial charge in [-0.1, -0.05) is 25.3 Å². The summed E-state index contributed by atoms with van der Waals surface area (Å²) < 4.78 is 0. The van der Waals surface area contributed by atoms with E-state index in [2.05, 4.69) is 41.6 Å². The minimum atomic E-state index is 0.548. The first-order valence-electron chi connectivity index (χ1n) is 6.22. The molecule has 1 aliphatic carbocycles. The second kappa shape index (κ2) is 6.67. The SMILES string of the molecule is CNC(CSC1CCCCC1)c1cccs1. The van der Waals surface area contributed by atoms with E-state index < -0.39 is 0 Å². The lowest BCUT2D eigenvalue weighted by molar-refractivity contribution is 0.515. The van der Waals surface area contributed by atoms with E-state index in [0.717, 1.165) is 5.25 Å². The molecule has 0 radical (unpaired) electrons. The summed E-state index contributed by atoms with van der Waals surface area (Å²) in [6.07, 6.45) is 7.22. The maximum atomic E-state index is 3.43. The van der Waals surface area contributed by atoms with Crippen molar-refractivity contribution in [3.8, 4) is 0 Å². The molecule has 0 amide bonds. The zero-order valence-corrected chi connectivity index (χ0v) is 11.6. The largest absolute Gasteiger partial charge is 0.312 e. The Bertz CT molecular complexity index is 278. The van der Waals surface area contributed by atoms with E-state index in [9.17, 15) is 0 Å². The molecule has 0 aromatic carbocycles. The number of nitrogens with one attached hydrogen (secondary N) is 1. The van der Waals surface area contributed by atoms with E-state index >= 15 is 0 Å². The molecule has 1 fully saturated rings. The van der Waals surface area contributed by atoms with Crippen molar-refractivity contribution in [3.63, 3.8) is 0 Å². The van der Waals surface area contributed by atoms with Crippen LogP contribution in [0.3, 0.4) is 0 Å². The third-order valence-corrected chi connectivity index (χ3v) is 5.74. The summed E-state index contributed by atoms with van der Waals surface area (Å²) in [6.45, 7) is 0. The van der Waals surface area contributed by atoms with Gasteiger partial charge in [0.05, 0.1) is 6.04 Å². The molecule has 16 heavy (non-hydrogen) atoms. The van der Waals surface area contributed by atoms with Crippen molar-refractivity contribution in [2.45, 2.75) is 43.4 Å². The van der Waals surface area contributed by atoms with Crippen molar-refractivity contribution < 1.29 is 0 Å². The van der Waals surface area contributed by atoms with E-state index in [-0.39, 0.29) is 0 Å². The molecule has 1 aromatic heterocycles. The Labute approximate surface area is 107 Å². The molecule has 3 heteroatoms. The molecule has 1 atom stereocenters. The lowest BCUT2D eigenvalue weighted by Crippen LogP contribution is -2.20. The number of thioether (sulfide) groups is 1. The van der Waals surface area contributed by atoms with Crippen LogP contribution in [0.5, 0.6) is 0 Å². The summed E-state index contributed by atoms with van der Waals surface area (Å²) in [6, 6.07) is 4.94. The maximum absolute atomic E-state index is 3.43. The smallest absolute Gasteiger partial charge is 0.0504 e. The van der Waals surface area contributed by atoms with Crippen LogP contribution in [0.2, 0.25) is 0 Å². The van der Waals surface area contributed by atoms with E-state index in [1.54, 1.807) is 0 Å². The summed E-state index contributed by atoms with van der Waals surface area (Å²) in [5, 5.41) is 6.53. The first kappa shape index (κ1) is 12.5. The number of rotatable bonds is 5. The Morgan fingerprint density at radius 3 is 2.88 bits per heavy atom. The van der Waals surface area contributed by atoms with Crippen LogP contribution in [0.15, 0.2) is 17.5 Å². The Kier molecular flexibility index (Phi) is 5.20. The topological polar surface area (TPSA) is 12.0 Å². The van der Waals surface area contributed by atoms with Crippen molar-refractivity contribution in [3.05, 3.63) is 22.4 Å².